The van der Waals surface area contributed by atoms with Crippen LogP contribution in [0.5, 0.6) is 0 Å². The van der Waals surface area contributed by atoms with Crippen molar-refractivity contribution in [2.45, 2.75) is 59.4 Å². The Labute approximate surface area is 158 Å². The van der Waals surface area contributed by atoms with E-state index in [1.54, 1.807) is 0 Å². The van der Waals surface area contributed by atoms with Gasteiger partial charge < -0.3 is 10.2 Å². The van der Waals surface area contributed by atoms with Crippen LogP contribution in [0.25, 0.3) is 5.70 Å². The molecule has 2 rings (SSSR count). The van der Waals surface area contributed by atoms with Crippen LogP contribution in [0.1, 0.15) is 58.9 Å². The summed E-state index contributed by atoms with van der Waals surface area (Å²) in [5, 5.41) is 13.1. The lowest BCUT2D eigenvalue weighted by Gasteiger charge is -2.38. The first-order valence-corrected chi connectivity index (χ1v) is 9.68. The summed E-state index contributed by atoms with van der Waals surface area (Å²) < 4.78 is 0. The summed E-state index contributed by atoms with van der Waals surface area (Å²) >= 11 is 0. The molecule has 1 N–H and O–H groups in total. The van der Waals surface area contributed by atoms with E-state index in [-0.39, 0.29) is 0 Å². The van der Waals surface area contributed by atoms with Gasteiger partial charge in [0, 0.05) is 24.5 Å². The molecule has 0 saturated heterocycles. The second kappa shape index (κ2) is 9.29. The zero-order valence-electron chi connectivity index (χ0n) is 16.8. The molecule has 1 heterocycles. The largest absolute Gasteiger partial charge is 0.368 e. The van der Waals surface area contributed by atoms with Gasteiger partial charge in [-0.2, -0.15) is 5.26 Å². The fraction of sp³-hybridized carbons (Fsp3) is 0.435. The minimum absolute atomic E-state index is 0.562. The number of benzene rings is 1. The number of likely N-dealkylation sites (N-methyl/N-ethyl adjacent to an activating group) is 1. The van der Waals surface area contributed by atoms with E-state index >= 15 is 0 Å². The number of allylic oxidation sites excluding steroid dienone is 3. The van der Waals surface area contributed by atoms with Gasteiger partial charge in [-0.3, -0.25) is 0 Å². The quantitative estimate of drug-likeness (QED) is 0.455. The van der Waals surface area contributed by atoms with Gasteiger partial charge in [0.05, 0.1) is 11.3 Å². The van der Waals surface area contributed by atoms with E-state index in [9.17, 15) is 5.26 Å². The Morgan fingerprint density at radius 2 is 1.92 bits per heavy atom. The first-order chi connectivity index (χ1) is 12.5. The van der Waals surface area contributed by atoms with E-state index in [1.807, 2.05) is 0 Å². The molecular weight excluding hydrogens is 318 g/mol. The van der Waals surface area contributed by atoms with Gasteiger partial charge in [0.1, 0.15) is 6.07 Å². The van der Waals surface area contributed by atoms with Gasteiger partial charge in [-0.1, -0.05) is 51.0 Å². The molecule has 1 aliphatic rings. The number of nitrogens with zero attached hydrogens (tertiary/aromatic N) is 2. The summed E-state index contributed by atoms with van der Waals surface area (Å²) in [5.74, 6) is 0. The van der Waals surface area contributed by atoms with Crippen molar-refractivity contribution in [1.29, 1.82) is 5.26 Å². The Bertz CT molecular complexity index is 745. The maximum Gasteiger partial charge on any atom is 0.101 e. The Kier molecular flexibility index (Phi) is 7.09. The minimum Gasteiger partial charge on any atom is -0.368 e. The van der Waals surface area contributed by atoms with Crippen molar-refractivity contribution in [2.24, 2.45) is 0 Å². The predicted molar refractivity (Wildman–Crippen MR) is 111 cm³/mol. The molecule has 0 radical (unpaired) electrons. The van der Waals surface area contributed by atoms with E-state index in [1.165, 1.54) is 11.3 Å². The number of hydrogen-bond donors (Lipinski definition) is 1. The van der Waals surface area contributed by atoms with Gasteiger partial charge in [0.15, 0.2) is 0 Å². The van der Waals surface area contributed by atoms with E-state index in [2.05, 4.69) is 87.4 Å². The highest BCUT2D eigenvalue weighted by Crippen LogP contribution is 2.32. The van der Waals surface area contributed by atoms with Crippen LogP contribution in [0.2, 0.25) is 0 Å². The zero-order valence-corrected chi connectivity index (χ0v) is 16.8. The highest BCUT2D eigenvalue weighted by atomic mass is 15.2. The minimum atomic E-state index is 0.562. The Morgan fingerprint density at radius 1 is 1.23 bits per heavy atom. The van der Waals surface area contributed by atoms with Crippen LogP contribution in [0.3, 0.4) is 0 Å². The fourth-order valence-corrected chi connectivity index (χ4v) is 3.38. The van der Waals surface area contributed by atoms with Crippen molar-refractivity contribution in [2.75, 3.05) is 12.4 Å². The Balaban J connectivity index is 2.19. The van der Waals surface area contributed by atoms with Crippen molar-refractivity contribution in [1.82, 2.24) is 4.90 Å². The lowest BCUT2D eigenvalue weighted by molar-refractivity contribution is 0.352. The molecule has 1 aromatic rings. The van der Waals surface area contributed by atoms with Crippen LogP contribution >= 0.6 is 0 Å². The van der Waals surface area contributed by atoms with Crippen LogP contribution in [0.15, 0.2) is 53.3 Å². The number of anilines is 1. The molecule has 0 aliphatic carbocycles. The van der Waals surface area contributed by atoms with Crippen LogP contribution < -0.4 is 5.32 Å². The van der Waals surface area contributed by atoms with Gasteiger partial charge in [0.2, 0.25) is 0 Å². The molecule has 3 nitrogen and oxygen atoms in total. The highest BCUT2D eigenvalue weighted by molar-refractivity contribution is 5.71. The summed E-state index contributed by atoms with van der Waals surface area (Å²) in [7, 11) is 2.15. The molecule has 138 valence electrons. The lowest BCUT2D eigenvalue weighted by Crippen LogP contribution is -2.36. The molecule has 3 heteroatoms. The maximum absolute atomic E-state index is 9.63. The summed E-state index contributed by atoms with van der Waals surface area (Å²) in [4.78, 5) is 2.33. The summed E-state index contributed by atoms with van der Waals surface area (Å²) in [5.41, 5.74) is 6.38. The van der Waals surface area contributed by atoms with E-state index in [0.717, 1.165) is 48.2 Å². The van der Waals surface area contributed by atoms with Gasteiger partial charge >= 0.3 is 0 Å². The molecule has 1 unspecified atom stereocenters. The molecular formula is C23H31N3. The van der Waals surface area contributed by atoms with E-state index in [4.69, 9.17) is 0 Å². The first-order valence-electron chi connectivity index (χ1n) is 9.68. The average molecular weight is 350 g/mol. The van der Waals surface area contributed by atoms with Gasteiger partial charge in [0.25, 0.3) is 0 Å². The molecule has 1 atom stereocenters. The zero-order chi connectivity index (χ0) is 19.1. The van der Waals surface area contributed by atoms with Gasteiger partial charge in [-0.15, -0.1) is 0 Å². The second-order valence-electron chi connectivity index (χ2n) is 6.88. The normalized spacial score (nSPS) is 17.8. The van der Waals surface area contributed by atoms with Gasteiger partial charge in [-0.25, -0.2) is 0 Å². The lowest BCUT2D eigenvalue weighted by atomic mass is 9.97. The van der Waals surface area contributed by atoms with Crippen molar-refractivity contribution in [3.05, 3.63) is 58.8 Å². The number of rotatable bonds is 8. The van der Waals surface area contributed by atoms with Crippen molar-refractivity contribution in [3.8, 4) is 6.07 Å². The van der Waals surface area contributed by atoms with Crippen LogP contribution in [-0.2, 0) is 0 Å². The third kappa shape index (κ3) is 4.38. The third-order valence-electron chi connectivity index (χ3n) is 4.95. The van der Waals surface area contributed by atoms with Crippen LogP contribution in [0.4, 0.5) is 5.69 Å². The van der Waals surface area contributed by atoms with Crippen LogP contribution in [-0.4, -0.2) is 18.0 Å². The van der Waals surface area contributed by atoms with Crippen molar-refractivity contribution in [3.63, 3.8) is 0 Å². The molecule has 1 aliphatic heterocycles. The summed E-state index contributed by atoms with van der Waals surface area (Å²) in [6, 6.07) is 11.4. The number of nitriles is 1. The van der Waals surface area contributed by atoms with E-state index in [0.29, 0.717) is 6.04 Å². The average Bonchev–Trinajstić information content (AvgIpc) is 2.63. The van der Waals surface area contributed by atoms with Crippen molar-refractivity contribution >= 4 is 11.4 Å². The maximum atomic E-state index is 9.63. The second-order valence-corrected chi connectivity index (χ2v) is 6.88. The third-order valence-corrected chi connectivity index (χ3v) is 4.95. The molecule has 26 heavy (non-hydrogen) atoms. The molecule has 0 spiro atoms. The first kappa shape index (κ1) is 19.8. The molecule has 0 bridgehead atoms. The monoisotopic (exact) mass is 349 g/mol. The van der Waals surface area contributed by atoms with E-state index < -0.39 is 0 Å². The standard InChI is InChI=1S/C23H31N3/c1-6-9-17(4)21(16-24)22(10-7-2)25-19-13-11-18(12-14-19)23-15-20(8-3)26(23)5/h10-15,20,25H,6-9H2,1-5H3/b21-17-,22-10-. The highest BCUT2D eigenvalue weighted by Gasteiger charge is 2.24. The van der Waals surface area contributed by atoms with Crippen molar-refractivity contribution < 1.29 is 0 Å². The molecule has 0 fully saturated rings. The number of nitrogens with one attached hydrogen (secondary N) is 1. The van der Waals surface area contributed by atoms with Crippen LogP contribution in [0, 0.1) is 11.3 Å². The van der Waals surface area contributed by atoms with Gasteiger partial charge in [-0.05, 0) is 50.0 Å². The molecule has 0 saturated carbocycles. The smallest absolute Gasteiger partial charge is 0.101 e. The molecule has 0 aromatic heterocycles. The Hall–Kier alpha value is -2.47. The SMILES string of the molecule is CC/C=C(Nc1ccc(C2=CC(CC)N2C)cc1)/C(C#N)=C(/C)CCC. The number of hydrogen-bond acceptors (Lipinski definition) is 3. The fourth-order valence-electron chi connectivity index (χ4n) is 3.38. The summed E-state index contributed by atoms with van der Waals surface area (Å²) in [6.07, 6.45) is 8.46. The molecule has 1 aromatic carbocycles. The molecule has 0 amide bonds. The Morgan fingerprint density at radius 3 is 2.42 bits per heavy atom. The predicted octanol–water partition coefficient (Wildman–Crippen LogP) is 6.10. The topological polar surface area (TPSA) is 39.1 Å². The summed E-state index contributed by atoms with van der Waals surface area (Å²) in [6.45, 7) is 8.50.